The molecule has 0 spiro atoms. The van der Waals surface area contributed by atoms with Gasteiger partial charge in [0.1, 0.15) is 5.82 Å². The maximum Gasteiger partial charge on any atom is 0.279 e. The van der Waals surface area contributed by atoms with Gasteiger partial charge in [0.05, 0.1) is 27.3 Å². The van der Waals surface area contributed by atoms with Gasteiger partial charge in [-0.1, -0.05) is 17.4 Å². The molecule has 0 aliphatic rings. The highest BCUT2D eigenvalue weighted by Gasteiger charge is 2.24. The van der Waals surface area contributed by atoms with Crippen LogP contribution >= 0.6 is 11.3 Å². The van der Waals surface area contributed by atoms with Crippen molar-refractivity contribution in [3.05, 3.63) is 58.6 Å². The Kier molecular flexibility index (Phi) is 7.71. The molecule has 0 N–H and O–H groups in total. The molecule has 0 bridgehead atoms. The Balaban J connectivity index is 1.92. The molecule has 3 aromatic rings. The quantitative estimate of drug-likeness (QED) is 0.484. The molecule has 0 aliphatic carbocycles. The highest BCUT2D eigenvalue weighted by molar-refractivity contribution is 7.89. The topological polar surface area (TPSA) is 119 Å². The number of nitriles is 2. The largest absolute Gasteiger partial charge is 0.314 e. The zero-order chi connectivity index (χ0) is 24.0. The lowest BCUT2D eigenvalue weighted by molar-refractivity contribution is 0.0997. The molecule has 0 aliphatic heterocycles. The van der Waals surface area contributed by atoms with E-state index >= 15 is 0 Å². The molecule has 1 aromatic heterocycles. The van der Waals surface area contributed by atoms with Crippen molar-refractivity contribution in [1.29, 1.82) is 10.5 Å². The van der Waals surface area contributed by atoms with Gasteiger partial charge in [-0.05, 0) is 43.3 Å². The lowest BCUT2D eigenvalue weighted by atomic mass is 10.2. The number of aromatic nitrogens is 1. The van der Waals surface area contributed by atoms with Crippen molar-refractivity contribution in [3.8, 4) is 12.1 Å². The van der Waals surface area contributed by atoms with E-state index in [0.717, 1.165) is 4.31 Å². The van der Waals surface area contributed by atoms with Gasteiger partial charge in [0.15, 0.2) is 4.80 Å². The van der Waals surface area contributed by atoms with Crippen molar-refractivity contribution < 1.29 is 17.6 Å². The Morgan fingerprint density at radius 3 is 2.33 bits per heavy atom. The smallest absolute Gasteiger partial charge is 0.279 e. The van der Waals surface area contributed by atoms with Crippen molar-refractivity contribution in [2.24, 2.45) is 4.99 Å². The van der Waals surface area contributed by atoms with Gasteiger partial charge in [-0.15, -0.1) is 0 Å². The fraction of sp³-hybridized carbons (Fsp3) is 0.273. The molecule has 0 saturated heterocycles. The van der Waals surface area contributed by atoms with E-state index in [1.165, 1.54) is 41.7 Å². The van der Waals surface area contributed by atoms with E-state index in [1.54, 1.807) is 16.7 Å². The van der Waals surface area contributed by atoms with Gasteiger partial charge in [0.2, 0.25) is 10.0 Å². The minimum Gasteiger partial charge on any atom is -0.314 e. The average molecular weight is 486 g/mol. The van der Waals surface area contributed by atoms with Crippen LogP contribution in [0.1, 0.15) is 30.1 Å². The lowest BCUT2D eigenvalue weighted by Gasteiger charge is -2.20. The summed E-state index contributed by atoms with van der Waals surface area (Å²) < 4.78 is 43.4. The van der Waals surface area contributed by atoms with Crippen molar-refractivity contribution in [1.82, 2.24) is 8.87 Å². The second kappa shape index (κ2) is 10.5. The lowest BCUT2D eigenvalue weighted by Crippen LogP contribution is -2.32. The minimum absolute atomic E-state index is 0.00665. The zero-order valence-electron chi connectivity index (χ0n) is 17.7. The molecule has 3 rings (SSSR count). The number of hydrogen-bond donors (Lipinski definition) is 0. The first kappa shape index (κ1) is 24.3. The van der Waals surface area contributed by atoms with Crippen LogP contribution in [0.25, 0.3) is 10.2 Å². The molecule has 0 unspecified atom stereocenters. The van der Waals surface area contributed by atoms with Crippen molar-refractivity contribution in [2.45, 2.75) is 31.2 Å². The molecule has 0 atom stereocenters. The summed E-state index contributed by atoms with van der Waals surface area (Å²) in [6, 6.07) is 13.8. The molecule has 170 valence electrons. The maximum atomic E-state index is 14.2. The van der Waals surface area contributed by atoms with E-state index < -0.39 is 21.7 Å². The van der Waals surface area contributed by atoms with Gasteiger partial charge < -0.3 is 4.57 Å². The van der Waals surface area contributed by atoms with Gasteiger partial charge in [-0.25, -0.2) is 12.8 Å². The van der Waals surface area contributed by atoms with Gasteiger partial charge in [0, 0.05) is 38.0 Å². The van der Waals surface area contributed by atoms with Gasteiger partial charge in [-0.2, -0.15) is 19.8 Å². The maximum absolute atomic E-state index is 14.2. The molecule has 2 aromatic carbocycles. The summed E-state index contributed by atoms with van der Waals surface area (Å²) in [4.78, 5) is 17.1. The van der Waals surface area contributed by atoms with Crippen molar-refractivity contribution in [2.75, 3.05) is 13.1 Å². The van der Waals surface area contributed by atoms with Crippen LogP contribution in [-0.4, -0.2) is 36.3 Å². The van der Waals surface area contributed by atoms with E-state index in [0.29, 0.717) is 21.6 Å². The van der Waals surface area contributed by atoms with Crippen LogP contribution < -0.4 is 4.80 Å². The third kappa shape index (κ3) is 5.17. The summed E-state index contributed by atoms with van der Waals surface area (Å²) >= 11 is 1.19. The second-order valence-electron chi connectivity index (χ2n) is 6.88. The standard InChI is InChI=1S/C22H20FN5O3S2/c1-2-28-20-18(23)6-3-7-19(20)32-22(28)26-21(29)16-8-10-17(11-9-16)33(30,31)27(14-4-12-24)15-5-13-25/h3,6-11H,2,4-5,14-15H2,1H3. The molecule has 0 fully saturated rings. The Labute approximate surface area is 194 Å². The van der Waals surface area contributed by atoms with Crippen LogP contribution in [0, 0.1) is 28.5 Å². The molecule has 1 heterocycles. The van der Waals surface area contributed by atoms with Crippen LogP contribution in [0.5, 0.6) is 0 Å². The normalized spacial score (nSPS) is 12.1. The highest BCUT2D eigenvalue weighted by atomic mass is 32.2. The van der Waals surface area contributed by atoms with E-state index in [4.69, 9.17) is 10.5 Å². The Bertz CT molecular complexity index is 1410. The monoisotopic (exact) mass is 485 g/mol. The van der Waals surface area contributed by atoms with Crippen molar-refractivity contribution in [3.63, 3.8) is 0 Å². The Hall–Kier alpha value is -3.38. The number of benzene rings is 2. The minimum atomic E-state index is -3.93. The van der Waals surface area contributed by atoms with Crippen LogP contribution in [0.15, 0.2) is 52.4 Å². The van der Waals surface area contributed by atoms with Crippen LogP contribution in [-0.2, 0) is 16.6 Å². The number of amides is 1. The summed E-state index contributed by atoms with van der Waals surface area (Å²) in [6.45, 7) is 2.18. The SMILES string of the molecule is CCn1c(=NC(=O)c2ccc(S(=O)(=O)N(CCC#N)CCC#N)cc2)sc2cccc(F)c21. The Morgan fingerprint density at radius 2 is 1.76 bits per heavy atom. The summed E-state index contributed by atoms with van der Waals surface area (Å²) in [7, 11) is -3.93. The first-order chi connectivity index (χ1) is 15.8. The molecule has 11 heteroatoms. The van der Waals surface area contributed by atoms with Crippen LogP contribution in [0.3, 0.4) is 0 Å². The number of carbonyl (C=O) groups is 1. The fourth-order valence-corrected chi connectivity index (χ4v) is 5.79. The third-order valence-electron chi connectivity index (χ3n) is 4.85. The zero-order valence-corrected chi connectivity index (χ0v) is 19.4. The fourth-order valence-electron chi connectivity index (χ4n) is 3.24. The molecular formula is C22H20FN5O3S2. The summed E-state index contributed by atoms with van der Waals surface area (Å²) in [5.41, 5.74) is 0.558. The number of rotatable bonds is 8. The first-order valence-electron chi connectivity index (χ1n) is 10.0. The average Bonchev–Trinajstić information content (AvgIpc) is 3.17. The molecule has 33 heavy (non-hydrogen) atoms. The number of hydrogen-bond acceptors (Lipinski definition) is 6. The number of para-hydroxylation sites is 1. The number of fused-ring (bicyclic) bond motifs is 1. The van der Waals surface area contributed by atoms with Gasteiger partial charge in [-0.3, -0.25) is 4.79 Å². The molecule has 0 saturated carbocycles. The number of sulfonamides is 1. The highest BCUT2D eigenvalue weighted by Crippen LogP contribution is 2.21. The second-order valence-corrected chi connectivity index (χ2v) is 9.82. The number of aryl methyl sites for hydroxylation is 1. The molecule has 0 radical (unpaired) electrons. The van der Waals surface area contributed by atoms with E-state index in [2.05, 4.69) is 4.99 Å². The predicted molar refractivity (Wildman–Crippen MR) is 121 cm³/mol. The third-order valence-corrected chi connectivity index (χ3v) is 7.81. The van der Waals surface area contributed by atoms with E-state index in [1.807, 2.05) is 19.1 Å². The predicted octanol–water partition coefficient (Wildman–Crippen LogP) is 3.42. The first-order valence-corrected chi connectivity index (χ1v) is 12.3. The molecule has 1 amide bonds. The number of thiazole rings is 1. The van der Waals surface area contributed by atoms with Crippen LogP contribution in [0.4, 0.5) is 4.39 Å². The molecular weight excluding hydrogens is 465 g/mol. The van der Waals surface area contributed by atoms with Crippen molar-refractivity contribution >= 4 is 37.5 Å². The number of carbonyl (C=O) groups excluding carboxylic acids is 1. The summed E-state index contributed by atoms with van der Waals surface area (Å²) in [5, 5.41) is 17.6. The van der Waals surface area contributed by atoms with E-state index in [9.17, 15) is 17.6 Å². The number of halogens is 1. The summed E-state index contributed by atoms with van der Waals surface area (Å²) in [5.74, 6) is -0.981. The summed E-state index contributed by atoms with van der Waals surface area (Å²) in [6.07, 6.45) is -0.0133. The van der Waals surface area contributed by atoms with Crippen LogP contribution in [0.2, 0.25) is 0 Å². The molecule has 8 nitrogen and oxygen atoms in total. The van der Waals surface area contributed by atoms with E-state index in [-0.39, 0.29) is 36.4 Å². The Morgan fingerprint density at radius 1 is 1.12 bits per heavy atom. The number of nitrogens with zero attached hydrogens (tertiary/aromatic N) is 5. The van der Waals surface area contributed by atoms with Gasteiger partial charge in [0.25, 0.3) is 5.91 Å². The van der Waals surface area contributed by atoms with Gasteiger partial charge >= 0.3 is 0 Å².